The molecule has 0 atom stereocenters. The van der Waals surface area contributed by atoms with E-state index in [1.165, 1.54) is 12.1 Å². The summed E-state index contributed by atoms with van der Waals surface area (Å²) in [6, 6.07) is 4.44. The molecule has 0 aliphatic rings. The molecule has 1 heterocycles. The van der Waals surface area contributed by atoms with Crippen LogP contribution in [0, 0.1) is 5.82 Å². The highest BCUT2D eigenvalue weighted by Gasteiger charge is 2.06. The van der Waals surface area contributed by atoms with E-state index in [0.717, 1.165) is 24.2 Å². The zero-order valence-corrected chi connectivity index (χ0v) is 10.7. The Labute approximate surface area is 107 Å². The number of benzene rings is 1. The van der Waals surface area contributed by atoms with Crippen molar-refractivity contribution in [2.75, 3.05) is 6.54 Å². The number of nitrogens with zero attached hydrogens (tertiary/aromatic N) is 3. The molecule has 0 aliphatic carbocycles. The molecule has 0 unspecified atom stereocenters. The maximum Gasteiger partial charge on any atom is 0.124 e. The molecule has 2 N–H and O–H groups in total. The van der Waals surface area contributed by atoms with Crippen molar-refractivity contribution in [1.82, 2.24) is 15.0 Å². The second kappa shape index (κ2) is 5.37. The summed E-state index contributed by atoms with van der Waals surface area (Å²) < 4.78 is 15.2. The lowest BCUT2D eigenvalue weighted by molar-refractivity contribution is 0.625. The largest absolute Gasteiger partial charge is 0.330 e. The fraction of sp³-hybridized carbons (Fsp3) is 0.273. The minimum Gasteiger partial charge on any atom is -0.330 e. The third-order valence-electron chi connectivity index (χ3n) is 2.33. The van der Waals surface area contributed by atoms with Gasteiger partial charge < -0.3 is 5.73 Å². The minimum absolute atomic E-state index is 0.288. The van der Waals surface area contributed by atoms with Crippen molar-refractivity contribution in [1.29, 1.82) is 0 Å². The van der Waals surface area contributed by atoms with Gasteiger partial charge in [-0.2, -0.15) is 0 Å². The molecule has 6 heteroatoms. The van der Waals surface area contributed by atoms with E-state index in [0.29, 0.717) is 11.0 Å². The Kier molecular flexibility index (Phi) is 3.86. The lowest BCUT2D eigenvalue weighted by Gasteiger charge is -2.02. The quantitative estimate of drug-likeness (QED) is 0.940. The summed E-state index contributed by atoms with van der Waals surface area (Å²) in [5, 5.41) is 8.04. The van der Waals surface area contributed by atoms with E-state index in [1.807, 2.05) is 6.20 Å². The highest BCUT2D eigenvalue weighted by molar-refractivity contribution is 9.10. The van der Waals surface area contributed by atoms with Crippen LogP contribution in [0.15, 0.2) is 28.9 Å². The number of rotatable bonds is 4. The van der Waals surface area contributed by atoms with E-state index >= 15 is 0 Å². The van der Waals surface area contributed by atoms with Crippen LogP contribution in [0.2, 0.25) is 0 Å². The highest BCUT2D eigenvalue weighted by atomic mass is 79.9. The SMILES string of the molecule is NCCCc1cn(-c2ccc(F)cc2Br)nn1. The van der Waals surface area contributed by atoms with Crippen molar-refractivity contribution in [3.63, 3.8) is 0 Å². The molecule has 0 aliphatic heterocycles. The zero-order chi connectivity index (χ0) is 12.3. The number of nitrogens with two attached hydrogens (primary N) is 1. The number of aromatic nitrogens is 3. The second-order valence-corrected chi connectivity index (χ2v) is 4.50. The lowest BCUT2D eigenvalue weighted by atomic mass is 10.2. The van der Waals surface area contributed by atoms with Crippen LogP contribution in [0.5, 0.6) is 0 Å². The van der Waals surface area contributed by atoms with Gasteiger partial charge in [-0.05, 0) is 53.5 Å². The van der Waals surface area contributed by atoms with Gasteiger partial charge in [0.1, 0.15) is 5.82 Å². The van der Waals surface area contributed by atoms with Crippen molar-refractivity contribution in [2.24, 2.45) is 5.73 Å². The summed E-state index contributed by atoms with van der Waals surface area (Å²) in [6.07, 6.45) is 3.51. The van der Waals surface area contributed by atoms with Gasteiger partial charge >= 0.3 is 0 Å². The molecular formula is C11H12BrFN4. The zero-order valence-electron chi connectivity index (χ0n) is 9.11. The summed E-state index contributed by atoms with van der Waals surface area (Å²) in [4.78, 5) is 0. The van der Waals surface area contributed by atoms with Crippen molar-refractivity contribution >= 4 is 15.9 Å². The fourth-order valence-electron chi connectivity index (χ4n) is 1.48. The minimum atomic E-state index is -0.288. The summed E-state index contributed by atoms with van der Waals surface area (Å²) in [5.41, 5.74) is 7.07. The number of aryl methyl sites for hydroxylation is 1. The Hall–Kier alpha value is -1.27. The molecule has 0 bridgehead atoms. The van der Waals surface area contributed by atoms with E-state index in [-0.39, 0.29) is 5.82 Å². The third kappa shape index (κ3) is 2.89. The maximum atomic E-state index is 12.9. The first-order valence-electron chi connectivity index (χ1n) is 5.27. The molecule has 0 fully saturated rings. The number of hydrogen-bond acceptors (Lipinski definition) is 3. The van der Waals surface area contributed by atoms with E-state index in [9.17, 15) is 4.39 Å². The Morgan fingerprint density at radius 1 is 1.41 bits per heavy atom. The molecule has 0 radical (unpaired) electrons. The molecule has 4 nitrogen and oxygen atoms in total. The molecule has 2 aromatic rings. The summed E-state index contributed by atoms with van der Waals surface area (Å²) in [6.45, 7) is 0.632. The molecule has 1 aromatic heterocycles. The number of hydrogen-bond donors (Lipinski definition) is 1. The van der Waals surface area contributed by atoms with Gasteiger partial charge in [0.05, 0.1) is 17.6 Å². The Balaban J connectivity index is 2.24. The molecule has 0 saturated carbocycles. The predicted octanol–water partition coefficient (Wildman–Crippen LogP) is 2.06. The standard InChI is InChI=1S/C11H12BrFN4/c12-10-6-8(13)3-4-11(10)17-7-9(15-16-17)2-1-5-14/h3-4,6-7H,1-2,5,14H2. The number of halogens is 2. The molecular weight excluding hydrogens is 287 g/mol. The third-order valence-corrected chi connectivity index (χ3v) is 2.97. The van der Waals surface area contributed by atoms with E-state index in [4.69, 9.17) is 5.73 Å². The van der Waals surface area contributed by atoms with Gasteiger partial charge in [-0.25, -0.2) is 9.07 Å². The average Bonchev–Trinajstić information content (AvgIpc) is 2.75. The Morgan fingerprint density at radius 3 is 2.94 bits per heavy atom. The Bertz CT molecular complexity index is 512. The topological polar surface area (TPSA) is 56.7 Å². The normalized spacial score (nSPS) is 10.8. The molecule has 0 spiro atoms. The van der Waals surface area contributed by atoms with Gasteiger partial charge in [-0.1, -0.05) is 5.21 Å². The second-order valence-electron chi connectivity index (χ2n) is 3.64. The lowest BCUT2D eigenvalue weighted by Crippen LogP contribution is -2.00. The van der Waals surface area contributed by atoms with Crippen LogP contribution in [-0.2, 0) is 6.42 Å². The van der Waals surface area contributed by atoms with Crippen LogP contribution < -0.4 is 5.73 Å². The highest BCUT2D eigenvalue weighted by Crippen LogP contribution is 2.21. The van der Waals surface area contributed by atoms with Gasteiger partial charge in [0, 0.05) is 4.47 Å². The van der Waals surface area contributed by atoms with E-state index < -0.39 is 0 Å². The summed E-state index contributed by atoms with van der Waals surface area (Å²) in [5.74, 6) is -0.288. The first-order valence-corrected chi connectivity index (χ1v) is 6.06. The molecule has 0 amide bonds. The monoisotopic (exact) mass is 298 g/mol. The van der Waals surface area contributed by atoms with Crippen molar-refractivity contribution in [3.8, 4) is 5.69 Å². The smallest absolute Gasteiger partial charge is 0.124 e. The van der Waals surface area contributed by atoms with Crippen LogP contribution in [-0.4, -0.2) is 21.5 Å². The fourth-order valence-corrected chi connectivity index (χ4v) is 2.01. The summed E-state index contributed by atoms with van der Waals surface area (Å²) >= 11 is 3.30. The van der Waals surface area contributed by atoms with Gasteiger partial charge in [0.25, 0.3) is 0 Å². The van der Waals surface area contributed by atoms with Crippen molar-refractivity contribution < 1.29 is 4.39 Å². The van der Waals surface area contributed by atoms with Crippen LogP contribution in [0.4, 0.5) is 4.39 Å². The van der Waals surface area contributed by atoms with Gasteiger partial charge in [0.2, 0.25) is 0 Å². The van der Waals surface area contributed by atoms with Crippen LogP contribution in [0.1, 0.15) is 12.1 Å². The summed E-state index contributed by atoms with van der Waals surface area (Å²) in [7, 11) is 0. The molecule has 1 aromatic carbocycles. The first-order chi connectivity index (χ1) is 8.20. The van der Waals surface area contributed by atoms with Crippen LogP contribution in [0.25, 0.3) is 5.69 Å². The Morgan fingerprint density at radius 2 is 2.24 bits per heavy atom. The van der Waals surface area contributed by atoms with Gasteiger partial charge in [-0.3, -0.25) is 0 Å². The first kappa shape index (κ1) is 12.2. The van der Waals surface area contributed by atoms with Crippen molar-refractivity contribution in [3.05, 3.63) is 40.4 Å². The maximum absolute atomic E-state index is 12.9. The van der Waals surface area contributed by atoms with E-state index in [2.05, 4.69) is 26.2 Å². The predicted molar refractivity (Wildman–Crippen MR) is 66.4 cm³/mol. The molecule has 0 saturated heterocycles. The van der Waals surface area contributed by atoms with Crippen molar-refractivity contribution in [2.45, 2.75) is 12.8 Å². The molecule has 2 rings (SSSR count). The average molecular weight is 299 g/mol. The van der Waals surface area contributed by atoms with Gasteiger partial charge in [0.15, 0.2) is 0 Å². The molecule has 90 valence electrons. The van der Waals surface area contributed by atoms with Gasteiger partial charge in [-0.15, -0.1) is 5.10 Å². The van der Waals surface area contributed by atoms with Crippen LogP contribution in [0.3, 0.4) is 0 Å². The van der Waals surface area contributed by atoms with E-state index in [1.54, 1.807) is 10.7 Å². The molecule has 17 heavy (non-hydrogen) atoms. The van der Waals surface area contributed by atoms with Crippen LogP contribution >= 0.6 is 15.9 Å².